The van der Waals surface area contributed by atoms with Gasteiger partial charge in [-0.05, 0) is 30.0 Å². The summed E-state index contributed by atoms with van der Waals surface area (Å²) in [6.07, 6.45) is 2.63. The number of aliphatic carboxylic acids is 1. The van der Waals surface area contributed by atoms with E-state index < -0.39 is 12.0 Å². The van der Waals surface area contributed by atoms with Crippen LogP contribution in [0.5, 0.6) is 0 Å². The van der Waals surface area contributed by atoms with E-state index in [0.29, 0.717) is 27.9 Å². The molecule has 0 aromatic heterocycles. The maximum Gasteiger partial charge on any atom is 0.326 e. The van der Waals surface area contributed by atoms with E-state index in [4.69, 9.17) is 28.3 Å². The van der Waals surface area contributed by atoms with Gasteiger partial charge < -0.3 is 10.4 Å². The Morgan fingerprint density at radius 3 is 2.60 bits per heavy atom. The van der Waals surface area contributed by atoms with E-state index in [1.165, 1.54) is 0 Å². The minimum atomic E-state index is -0.993. The summed E-state index contributed by atoms with van der Waals surface area (Å²) in [5.74, 6) is -0.912. The van der Waals surface area contributed by atoms with Crippen LogP contribution in [0.3, 0.4) is 0 Å². The molecule has 1 aliphatic carbocycles. The summed E-state index contributed by atoms with van der Waals surface area (Å²) < 4.78 is 0. The van der Waals surface area contributed by atoms with Gasteiger partial charge >= 0.3 is 5.97 Å². The third kappa shape index (κ3) is 4.39. The number of benzene rings is 1. The van der Waals surface area contributed by atoms with Crippen LogP contribution in [0.25, 0.3) is 0 Å². The van der Waals surface area contributed by atoms with Crippen LogP contribution in [0.1, 0.15) is 24.8 Å². The highest BCUT2D eigenvalue weighted by molar-refractivity contribution is 6.35. The molecule has 1 aromatic rings. The zero-order valence-corrected chi connectivity index (χ0v) is 12.2. The van der Waals surface area contributed by atoms with E-state index in [0.717, 1.165) is 12.8 Å². The van der Waals surface area contributed by atoms with Gasteiger partial charge in [-0.2, -0.15) is 0 Å². The molecule has 108 valence electrons. The number of carboxylic acids is 1. The highest BCUT2D eigenvalue weighted by atomic mass is 35.5. The summed E-state index contributed by atoms with van der Waals surface area (Å²) >= 11 is 11.8. The second kappa shape index (κ2) is 6.46. The molecule has 0 bridgehead atoms. The summed E-state index contributed by atoms with van der Waals surface area (Å²) in [5, 5.41) is 12.5. The lowest BCUT2D eigenvalue weighted by atomic mass is 10.1. The molecule has 0 radical (unpaired) electrons. The number of rotatable bonds is 6. The number of carboxylic acid groups (broad SMARTS) is 1. The number of amides is 1. The van der Waals surface area contributed by atoms with Crippen molar-refractivity contribution in [3.63, 3.8) is 0 Å². The molecule has 1 amide bonds. The first-order valence-electron chi connectivity index (χ1n) is 6.42. The summed E-state index contributed by atoms with van der Waals surface area (Å²) in [7, 11) is 0. The quantitative estimate of drug-likeness (QED) is 0.848. The zero-order valence-electron chi connectivity index (χ0n) is 10.7. The molecule has 0 spiro atoms. The third-order valence-electron chi connectivity index (χ3n) is 3.27. The maximum atomic E-state index is 11.9. The van der Waals surface area contributed by atoms with E-state index >= 15 is 0 Å². The Bertz CT molecular complexity index is 529. The van der Waals surface area contributed by atoms with E-state index in [-0.39, 0.29) is 12.3 Å². The lowest BCUT2D eigenvalue weighted by molar-refractivity contribution is -0.142. The Morgan fingerprint density at radius 2 is 2.05 bits per heavy atom. The van der Waals surface area contributed by atoms with E-state index in [9.17, 15) is 9.59 Å². The van der Waals surface area contributed by atoms with Crippen LogP contribution in [0.15, 0.2) is 18.2 Å². The Kier molecular flexibility index (Phi) is 4.89. The molecule has 2 rings (SSSR count). The SMILES string of the molecule is O=C(Cc1ccc(Cl)cc1Cl)NC(CC1CC1)C(=O)O. The lowest BCUT2D eigenvalue weighted by Crippen LogP contribution is -2.41. The molecule has 1 saturated carbocycles. The van der Waals surface area contributed by atoms with Gasteiger partial charge in [-0.15, -0.1) is 0 Å². The molecule has 4 nitrogen and oxygen atoms in total. The number of halogens is 2. The van der Waals surface area contributed by atoms with Crippen molar-refractivity contribution in [2.75, 3.05) is 0 Å². The molecular formula is C14H15Cl2NO3. The molecular weight excluding hydrogens is 301 g/mol. The predicted octanol–water partition coefficient (Wildman–Crippen LogP) is 2.91. The molecule has 0 saturated heterocycles. The van der Waals surface area contributed by atoms with Crippen LogP contribution >= 0.6 is 23.2 Å². The monoisotopic (exact) mass is 315 g/mol. The van der Waals surface area contributed by atoms with Crippen LogP contribution < -0.4 is 5.32 Å². The largest absolute Gasteiger partial charge is 0.480 e. The van der Waals surface area contributed by atoms with Crippen molar-refractivity contribution in [1.29, 1.82) is 0 Å². The van der Waals surface area contributed by atoms with Gasteiger partial charge in [0.2, 0.25) is 5.91 Å². The van der Waals surface area contributed by atoms with Crippen LogP contribution in [-0.2, 0) is 16.0 Å². The molecule has 1 fully saturated rings. The Morgan fingerprint density at radius 1 is 1.35 bits per heavy atom. The summed E-state index contributed by atoms with van der Waals surface area (Å²) in [6, 6.07) is 4.06. The second-order valence-corrected chi connectivity index (χ2v) is 5.89. The Balaban J connectivity index is 1.94. The number of carbonyl (C=O) groups is 2. The highest BCUT2D eigenvalue weighted by Crippen LogP contribution is 2.33. The van der Waals surface area contributed by atoms with Gasteiger partial charge in [-0.25, -0.2) is 4.79 Å². The van der Waals surface area contributed by atoms with Crippen LogP contribution in [-0.4, -0.2) is 23.0 Å². The first kappa shape index (κ1) is 15.1. The minimum absolute atomic E-state index is 0.0461. The lowest BCUT2D eigenvalue weighted by Gasteiger charge is -2.14. The maximum absolute atomic E-state index is 11.9. The molecule has 1 aliphatic rings. The molecule has 1 unspecified atom stereocenters. The first-order chi connectivity index (χ1) is 9.45. The Labute approximate surface area is 127 Å². The molecule has 0 aliphatic heterocycles. The third-order valence-corrected chi connectivity index (χ3v) is 3.85. The Hall–Kier alpha value is -1.26. The fourth-order valence-corrected chi connectivity index (χ4v) is 2.47. The van der Waals surface area contributed by atoms with Crippen molar-refractivity contribution < 1.29 is 14.7 Å². The number of hydrogen-bond acceptors (Lipinski definition) is 2. The number of nitrogens with one attached hydrogen (secondary N) is 1. The molecule has 1 atom stereocenters. The average Bonchev–Trinajstić information content (AvgIpc) is 3.16. The minimum Gasteiger partial charge on any atom is -0.480 e. The smallest absolute Gasteiger partial charge is 0.326 e. The average molecular weight is 316 g/mol. The van der Waals surface area contributed by atoms with Crippen molar-refractivity contribution in [2.24, 2.45) is 5.92 Å². The van der Waals surface area contributed by atoms with Crippen molar-refractivity contribution in [3.8, 4) is 0 Å². The van der Waals surface area contributed by atoms with Gasteiger partial charge in [-0.3, -0.25) is 4.79 Å². The fraction of sp³-hybridized carbons (Fsp3) is 0.429. The van der Waals surface area contributed by atoms with Gasteiger partial charge in [0.25, 0.3) is 0 Å². The van der Waals surface area contributed by atoms with E-state index in [1.54, 1.807) is 18.2 Å². The molecule has 6 heteroatoms. The second-order valence-electron chi connectivity index (χ2n) is 5.05. The molecule has 1 aromatic carbocycles. The van der Waals surface area contributed by atoms with Crippen LogP contribution in [0, 0.1) is 5.92 Å². The van der Waals surface area contributed by atoms with E-state index in [2.05, 4.69) is 5.32 Å². The molecule has 0 heterocycles. The van der Waals surface area contributed by atoms with Gasteiger partial charge in [0, 0.05) is 10.0 Å². The molecule has 20 heavy (non-hydrogen) atoms. The standard InChI is InChI=1S/C14H15Cl2NO3/c15-10-4-3-9(11(16)7-10)6-13(18)17-12(14(19)20)5-8-1-2-8/h3-4,7-8,12H,1-2,5-6H2,(H,17,18)(H,19,20). The summed E-state index contributed by atoms with van der Waals surface area (Å²) in [6.45, 7) is 0. The van der Waals surface area contributed by atoms with Crippen molar-refractivity contribution >= 4 is 35.1 Å². The van der Waals surface area contributed by atoms with E-state index in [1.807, 2.05) is 0 Å². The van der Waals surface area contributed by atoms with Crippen molar-refractivity contribution in [2.45, 2.75) is 31.7 Å². The normalized spacial score (nSPS) is 15.7. The predicted molar refractivity (Wildman–Crippen MR) is 77.1 cm³/mol. The van der Waals surface area contributed by atoms with Gasteiger partial charge in [0.05, 0.1) is 6.42 Å². The van der Waals surface area contributed by atoms with Gasteiger partial charge in [0.15, 0.2) is 0 Å². The van der Waals surface area contributed by atoms with Gasteiger partial charge in [0.1, 0.15) is 6.04 Å². The topological polar surface area (TPSA) is 66.4 Å². The number of hydrogen-bond donors (Lipinski definition) is 2. The highest BCUT2D eigenvalue weighted by Gasteiger charge is 2.30. The van der Waals surface area contributed by atoms with Gasteiger partial charge in [-0.1, -0.05) is 42.1 Å². The summed E-state index contributed by atoms with van der Waals surface area (Å²) in [4.78, 5) is 23.0. The van der Waals surface area contributed by atoms with Crippen LogP contribution in [0.4, 0.5) is 0 Å². The van der Waals surface area contributed by atoms with Crippen molar-refractivity contribution in [3.05, 3.63) is 33.8 Å². The first-order valence-corrected chi connectivity index (χ1v) is 7.17. The van der Waals surface area contributed by atoms with Crippen LogP contribution in [0.2, 0.25) is 10.0 Å². The number of carbonyl (C=O) groups excluding carboxylic acids is 1. The van der Waals surface area contributed by atoms with Crippen molar-refractivity contribution in [1.82, 2.24) is 5.32 Å². The fourth-order valence-electron chi connectivity index (χ4n) is 1.99. The summed E-state index contributed by atoms with van der Waals surface area (Å²) in [5.41, 5.74) is 0.629. The molecule has 2 N–H and O–H groups in total. The zero-order chi connectivity index (χ0) is 14.7.